The number of ether oxygens (including phenoxy) is 7. The molecule has 2 amide bonds. The first-order chi connectivity index (χ1) is 33.4. The second kappa shape index (κ2) is 35.3. The standard InChI is InChI=1S/C28H39NO6.C27H37NO6.Li.H2O/c1-6-8-10-12-20-14-15-22(33-4)19-26(20)35-25-17-16-21(32-3)18-24(25)29-27(30)23(28(31)34-5)13-11-9-7-2;1-5-7-9-11-19-17-20(32-3)13-15-24(19)34-25-16-14-21(33-4)18-23(25)28-26(29)22(27(30)31)12-10-8-6-2;;/h14-19,23H,6-13H2,1-5H3,(H,29,30);13-18,22H,5-12H2,1-4H3,(H,28,29)(H,30,31);;1H2/q;;+1;/p-1. The number of carboxylic acids is 1. The third-order valence-electron chi connectivity index (χ3n) is 11.6. The smallest absolute Gasteiger partial charge is 0.870 e. The van der Waals surface area contributed by atoms with Crippen molar-refractivity contribution in [3.63, 3.8) is 0 Å². The molecule has 0 radical (unpaired) electrons. The minimum atomic E-state index is -1.13. The van der Waals surface area contributed by atoms with Crippen LogP contribution in [0.2, 0.25) is 0 Å². The Morgan fingerprint density at radius 2 is 0.873 bits per heavy atom. The van der Waals surface area contributed by atoms with Gasteiger partial charge in [-0.25, -0.2) is 0 Å². The van der Waals surface area contributed by atoms with Gasteiger partial charge >= 0.3 is 30.8 Å². The average Bonchev–Trinajstić information content (AvgIpc) is 3.35. The number of benzene rings is 4. The van der Waals surface area contributed by atoms with Crippen LogP contribution in [0.4, 0.5) is 11.4 Å². The van der Waals surface area contributed by atoms with Crippen molar-refractivity contribution >= 4 is 35.1 Å². The molecule has 4 aromatic carbocycles. The van der Waals surface area contributed by atoms with E-state index < -0.39 is 35.6 Å². The first kappa shape index (κ1) is 63.1. The molecule has 71 heavy (non-hydrogen) atoms. The zero-order chi connectivity index (χ0) is 50.6. The molecule has 16 heteroatoms. The number of unbranched alkanes of at least 4 members (excludes halogenated alkanes) is 8. The van der Waals surface area contributed by atoms with Crippen LogP contribution in [0.25, 0.3) is 0 Å². The maximum Gasteiger partial charge on any atom is 1.00 e. The van der Waals surface area contributed by atoms with Crippen molar-refractivity contribution in [1.82, 2.24) is 0 Å². The van der Waals surface area contributed by atoms with Crippen molar-refractivity contribution < 1.29 is 81.8 Å². The number of hydrogen-bond acceptors (Lipinski definition) is 12. The first-order valence-corrected chi connectivity index (χ1v) is 24.4. The zero-order valence-corrected chi connectivity index (χ0v) is 43.8. The topological polar surface area (TPSA) is 207 Å². The van der Waals surface area contributed by atoms with E-state index in [0.717, 1.165) is 100 Å². The number of esters is 1. The Labute approximate surface area is 433 Å². The predicted molar refractivity (Wildman–Crippen MR) is 273 cm³/mol. The monoisotopic (exact) mass is 981 g/mol. The van der Waals surface area contributed by atoms with E-state index in [0.29, 0.717) is 64.5 Å². The molecule has 386 valence electrons. The summed E-state index contributed by atoms with van der Waals surface area (Å²) in [5.74, 6) is -0.0112. The number of amides is 2. The van der Waals surface area contributed by atoms with Crippen LogP contribution in [-0.4, -0.2) is 69.9 Å². The van der Waals surface area contributed by atoms with E-state index >= 15 is 0 Å². The van der Waals surface area contributed by atoms with Crippen molar-refractivity contribution in [2.45, 2.75) is 130 Å². The normalized spacial score (nSPS) is 11.2. The molecule has 0 aromatic heterocycles. The number of hydrogen-bond donors (Lipinski definition) is 3. The number of aliphatic carboxylic acids is 1. The average molecular weight is 981 g/mol. The molecule has 2 unspecified atom stereocenters. The molecule has 0 spiro atoms. The molecule has 0 saturated carbocycles. The van der Waals surface area contributed by atoms with E-state index in [1.54, 1.807) is 57.7 Å². The molecule has 0 fully saturated rings. The summed E-state index contributed by atoms with van der Waals surface area (Å²) in [4.78, 5) is 50.0. The van der Waals surface area contributed by atoms with Gasteiger partial charge in [-0.2, -0.15) is 0 Å². The summed E-state index contributed by atoms with van der Waals surface area (Å²) in [6.45, 7) is 8.43. The third kappa shape index (κ3) is 21.2. The van der Waals surface area contributed by atoms with Crippen LogP contribution in [0, 0.1) is 11.8 Å². The molecule has 15 nitrogen and oxygen atoms in total. The van der Waals surface area contributed by atoms with E-state index in [1.165, 1.54) is 14.2 Å². The van der Waals surface area contributed by atoms with Crippen molar-refractivity contribution in [1.29, 1.82) is 0 Å². The molecule has 4 rings (SSSR count). The second-order valence-corrected chi connectivity index (χ2v) is 16.7. The Morgan fingerprint density at radius 3 is 1.34 bits per heavy atom. The Balaban J connectivity index is 0.000000691. The van der Waals surface area contributed by atoms with E-state index in [2.05, 4.69) is 31.4 Å². The molecule has 0 aliphatic carbocycles. The van der Waals surface area contributed by atoms with E-state index in [4.69, 9.17) is 33.2 Å². The van der Waals surface area contributed by atoms with Crippen LogP contribution < -0.4 is 57.9 Å². The number of aryl methyl sites for hydroxylation is 2. The van der Waals surface area contributed by atoms with Gasteiger partial charge in [-0.3, -0.25) is 19.2 Å². The van der Waals surface area contributed by atoms with Crippen molar-refractivity contribution in [2.75, 3.05) is 46.2 Å². The SMILES string of the molecule is CCCCCc1cc(OC)ccc1Oc1ccc(OC)cc1NC(=O)C(CCCCC)C(=O)O.CCCCCc1ccc(OC)cc1Oc1ccc(OC)cc1NC(=O)C(CCCCC)C(=O)OC.[Li+].[OH-]. The van der Waals surface area contributed by atoms with Crippen LogP contribution in [0.1, 0.15) is 129 Å². The summed E-state index contributed by atoms with van der Waals surface area (Å²) in [5, 5.41) is 15.2. The Bertz CT molecular complexity index is 2220. The van der Waals surface area contributed by atoms with Crippen molar-refractivity contribution in [3.8, 4) is 46.0 Å². The van der Waals surface area contributed by atoms with E-state index in [-0.39, 0.29) is 30.8 Å². The summed E-state index contributed by atoms with van der Waals surface area (Å²) < 4.78 is 38.9. The molecule has 0 saturated heterocycles. The summed E-state index contributed by atoms with van der Waals surface area (Å²) >= 11 is 0. The van der Waals surface area contributed by atoms with Gasteiger partial charge in [0, 0.05) is 18.2 Å². The van der Waals surface area contributed by atoms with Crippen LogP contribution in [0.3, 0.4) is 0 Å². The van der Waals surface area contributed by atoms with Crippen LogP contribution >= 0.6 is 0 Å². The minimum Gasteiger partial charge on any atom is -0.870 e. The van der Waals surface area contributed by atoms with Gasteiger partial charge in [0.2, 0.25) is 11.8 Å². The van der Waals surface area contributed by atoms with Gasteiger partial charge in [0.25, 0.3) is 0 Å². The molecule has 0 aliphatic rings. The van der Waals surface area contributed by atoms with Gasteiger partial charge < -0.3 is 54.4 Å². The second-order valence-electron chi connectivity index (χ2n) is 16.7. The van der Waals surface area contributed by atoms with Gasteiger partial charge in [0.15, 0.2) is 11.5 Å². The minimum absolute atomic E-state index is 0. The van der Waals surface area contributed by atoms with Gasteiger partial charge in [0.1, 0.15) is 46.3 Å². The van der Waals surface area contributed by atoms with Crippen molar-refractivity contribution in [3.05, 3.63) is 83.9 Å². The van der Waals surface area contributed by atoms with Crippen LogP contribution in [0.5, 0.6) is 46.0 Å². The Morgan fingerprint density at radius 1 is 0.479 bits per heavy atom. The predicted octanol–water partition coefficient (Wildman–Crippen LogP) is 9.81. The summed E-state index contributed by atoms with van der Waals surface area (Å²) in [7, 11) is 7.62. The quantitative estimate of drug-likeness (QED) is 0.0193. The molecule has 0 aliphatic heterocycles. The number of rotatable bonds is 30. The molecule has 0 bridgehead atoms. The molecular formula is C55H77LiN2O13. The Hall–Kier alpha value is -5.88. The maximum atomic E-state index is 13.1. The summed E-state index contributed by atoms with van der Waals surface area (Å²) in [6.07, 6.45) is 14.1. The number of carboxylic acid groups (broad SMARTS) is 1. The molecule has 4 aromatic rings. The number of carbonyl (C=O) groups is 4. The molecule has 4 N–H and O–H groups in total. The van der Waals surface area contributed by atoms with Gasteiger partial charge in [-0.15, -0.1) is 0 Å². The van der Waals surface area contributed by atoms with Gasteiger partial charge in [0.05, 0.1) is 46.9 Å². The van der Waals surface area contributed by atoms with Crippen LogP contribution in [-0.2, 0) is 36.8 Å². The van der Waals surface area contributed by atoms with Gasteiger partial charge in [-0.1, -0.05) is 98.0 Å². The fourth-order valence-electron chi connectivity index (χ4n) is 7.46. The molecular weight excluding hydrogens is 904 g/mol. The summed E-state index contributed by atoms with van der Waals surface area (Å²) in [6, 6.07) is 21.7. The van der Waals surface area contributed by atoms with Crippen molar-refractivity contribution in [2.24, 2.45) is 11.8 Å². The van der Waals surface area contributed by atoms with Crippen LogP contribution in [0.15, 0.2) is 72.8 Å². The largest absolute Gasteiger partial charge is 1.00 e. The number of nitrogens with one attached hydrogen (secondary N) is 2. The number of anilines is 2. The van der Waals surface area contributed by atoms with E-state index in [1.807, 2.05) is 43.3 Å². The summed E-state index contributed by atoms with van der Waals surface area (Å²) in [5.41, 5.74) is 2.84. The third-order valence-corrected chi connectivity index (χ3v) is 11.6. The van der Waals surface area contributed by atoms with E-state index in [9.17, 15) is 24.3 Å². The fourth-order valence-corrected chi connectivity index (χ4v) is 7.46. The van der Waals surface area contributed by atoms with Gasteiger partial charge in [-0.05, 0) is 98.2 Å². The molecule has 0 heterocycles. The first-order valence-electron chi connectivity index (χ1n) is 24.4. The molecule has 2 atom stereocenters. The Kier molecular flexibility index (Phi) is 31.3. The zero-order valence-electron chi connectivity index (χ0n) is 43.8. The fraction of sp³-hybridized carbons (Fsp3) is 0.491. The maximum absolute atomic E-state index is 13.1. The number of methoxy groups -OCH3 is 5. The number of carbonyl (C=O) groups excluding carboxylic acids is 3.